The van der Waals surface area contributed by atoms with E-state index in [4.69, 9.17) is 10.8 Å². The van der Waals surface area contributed by atoms with Gasteiger partial charge in [-0.25, -0.2) is 4.79 Å². The Hall–Kier alpha value is -1.10. The van der Waals surface area contributed by atoms with E-state index in [2.05, 4.69) is 0 Å². The highest BCUT2D eigenvalue weighted by molar-refractivity contribution is 5.89. The number of aliphatic carboxylic acids is 1. The van der Waals surface area contributed by atoms with Crippen LogP contribution in [0.2, 0.25) is 0 Å². The molecule has 0 radical (unpaired) electrons. The molecule has 5 nitrogen and oxygen atoms in total. The molecule has 0 aromatic heterocycles. The maximum atomic E-state index is 11.8. The molecule has 0 rings (SSSR count). The summed E-state index contributed by atoms with van der Waals surface area (Å²) >= 11 is 0. The second-order valence-corrected chi connectivity index (χ2v) is 3.95. The van der Waals surface area contributed by atoms with E-state index in [1.54, 1.807) is 20.8 Å². The normalized spacial score (nSPS) is 16.6. The van der Waals surface area contributed by atoms with Crippen molar-refractivity contribution < 1.29 is 14.7 Å². The topological polar surface area (TPSA) is 83.6 Å². The molecule has 0 bridgehead atoms. The number of nitrogens with two attached hydrogens (primary N) is 1. The van der Waals surface area contributed by atoms with Gasteiger partial charge in [-0.05, 0) is 19.8 Å². The number of carbonyl (C=O) groups is 2. The molecule has 0 aromatic carbocycles. The van der Waals surface area contributed by atoms with Gasteiger partial charge in [0.25, 0.3) is 0 Å². The first-order valence-corrected chi connectivity index (χ1v) is 5.06. The lowest BCUT2D eigenvalue weighted by Gasteiger charge is -2.31. The van der Waals surface area contributed by atoms with E-state index in [0.717, 1.165) is 0 Å². The molecule has 0 heterocycles. The number of likely N-dealkylation sites (N-methyl/N-ethyl adjacent to an activating group) is 1. The Morgan fingerprint density at radius 3 is 2.20 bits per heavy atom. The first-order valence-electron chi connectivity index (χ1n) is 5.06. The van der Waals surface area contributed by atoms with Gasteiger partial charge < -0.3 is 15.7 Å². The lowest BCUT2D eigenvalue weighted by atomic mass is 9.97. The fourth-order valence-corrected chi connectivity index (χ4v) is 1.31. The molecule has 0 aliphatic heterocycles. The van der Waals surface area contributed by atoms with Crippen molar-refractivity contribution in [1.82, 2.24) is 4.90 Å². The second kappa shape index (κ2) is 5.11. The Bertz CT molecular complexity index is 251. The van der Waals surface area contributed by atoms with Gasteiger partial charge >= 0.3 is 5.97 Å². The number of hydrogen-bond donors (Lipinski definition) is 2. The van der Waals surface area contributed by atoms with Crippen LogP contribution in [-0.2, 0) is 9.59 Å². The number of nitrogens with zero attached hydrogens (tertiary/aromatic N) is 1. The number of rotatable bonds is 5. The van der Waals surface area contributed by atoms with Crippen molar-refractivity contribution in [3.8, 4) is 0 Å². The summed E-state index contributed by atoms with van der Waals surface area (Å²) in [4.78, 5) is 23.9. The average molecular weight is 216 g/mol. The van der Waals surface area contributed by atoms with Gasteiger partial charge in [0.05, 0.1) is 5.54 Å². The first kappa shape index (κ1) is 13.9. The number of carboxylic acid groups (broad SMARTS) is 1. The minimum Gasteiger partial charge on any atom is -0.480 e. The van der Waals surface area contributed by atoms with E-state index in [1.165, 1.54) is 11.9 Å². The summed E-state index contributed by atoms with van der Waals surface area (Å²) in [5.74, 6) is -1.33. The average Bonchev–Trinajstić information content (AvgIpc) is 2.16. The van der Waals surface area contributed by atoms with Crippen LogP contribution in [-0.4, -0.2) is 40.5 Å². The number of carbonyl (C=O) groups excluding carboxylic acids is 1. The molecule has 0 saturated heterocycles. The summed E-state index contributed by atoms with van der Waals surface area (Å²) in [6, 6.07) is -0.799. The number of hydrogen-bond acceptors (Lipinski definition) is 3. The number of amides is 1. The molecule has 88 valence electrons. The van der Waals surface area contributed by atoms with Gasteiger partial charge in [-0.1, -0.05) is 13.8 Å². The summed E-state index contributed by atoms with van der Waals surface area (Å²) in [6.07, 6.45) is 0.851. The summed E-state index contributed by atoms with van der Waals surface area (Å²) in [5, 5.41) is 8.90. The highest BCUT2D eigenvalue weighted by Gasteiger charge is 2.34. The summed E-state index contributed by atoms with van der Waals surface area (Å²) in [7, 11) is 1.48. The molecule has 0 spiro atoms. The summed E-state index contributed by atoms with van der Waals surface area (Å²) in [6.45, 7) is 5.14. The molecule has 0 aliphatic carbocycles. The van der Waals surface area contributed by atoms with Gasteiger partial charge in [-0.3, -0.25) is 4.79 Å². The first-order chi connectivity index (χ1) is 6.77. The smallest absolute Gasteiger partial charge is 0.326 e. The van der Waals surface area contributed by atoms with Crippen molar-refractivity contribution in [2.75, 3.05) is 7.05 Å². The van der Waals surface area contributed by atoms with Crippen LogP contribution < -0.4 is 5.73 Å². The lowest BCUT2D eigenvalue weighted by Crippen LogP contribution is -2.55. The molecular weight excluding hydrogens is 196 g/mol. The van der Waals surface area contributed by atoms with Crippen LogP contribution >= 0.6 is 0 Å². The van der Waals surface area contributed by atoms with Crippen LogP contribution in [0.5, 0.6) is 0 Å². The van der Waals surface area contributed by atoms with Crippen molar-refractivity contribution in [3.63, 3.8) is 0 Å². The van der Waals surface area contributed by atoms with E-state index < -0.39 is 17.6 Å². The summed E-state index contributed by atoms with van der Waals surface area (Å²) < 4.78 is 0. The standard InChI is InChI=1S/C10H20N2O3/c1-5-7(8(13)14)12(4)9(15)10(3,11)6-2/h7H,5-6,11H2,1-4H3,(H,13,14). The van der Waals surface area contributed by atoms with E-state index in [0.29, 0.717) is 12.8 Å². The van der Waals surface area contributed by atoms with Crippen molar-refractivity contribution in [2.24, 2.45) is 5.73 Å². The Morgan fingerprint density at radius 2 is 1.93 bits per heavy atom. The van der Waals surface area contributed by atoms with Crippen molar-refractivity contribution in [2.45, 2.75) is 45.2 Å². The third-order valence-corrected chi connectivity index (χ3v) is 2.68. The Kier molecular flexibility index (Phi) is 4.74. The molecule has 0 aliphatic rings. The SMILES string of the molecule is CCC(C(=O)O)N(C)C(=O)C(C)(N)CC. The molecule has 15 heavy (non-hydrogen) atoms. The second-order valence-electron chi connectivity index (χ2n) is 3.95. The minimum absolute atomic E-state index is 0.334. The van der Waals surface area contributed by atoms with Crippen LogP contribution in [0.1, 0.15) is 33.6 Å². The zero-order valence-electron chi connectivity index (χ0n) is 9.78. The highest BCUT2D eigenvalue weighted by atomic mass is 16.4. The molecule has 2 unspecified atom stereocenters. The van der Waals surface area contributed by atoms with Gasteiger partial charge in [0.1, 0.15) is 6.04 Å². The Labute approximate surface area is 90.2 Å². The van der Waals surface area contributed by atoms with Crippen molar-refractivity contribution >= 4 is 11.9 Å². The quantitative estimate of drug-likeness (QED) is 0.698. The Balaban J connectivity index is 4.77. The van der Waals surface area contributed by atoms with E-state index in [1.807, 2.05) is 0 Å². The van der Waals surface area contributed by atoms with E-state index >= 15 is 0 Å². The predicted molar refractivity (Wildman–Crippen MR) is 57.4 cm³/mol. The highest BCUT2D eigenvalue weighted by Crippen LogP contribution is 2.12. The maximum absolute atomic E-state index is 11.8. The zero-order valence-corrected chi connectivity index (χ0v) is 9.78. The molecule has 0 fully saturated rings. The molecule has 1 amide bonds. The summed E-state index contributed by atoms with van der Waals surface area (Å²) in [5.41, 5.74) is 4.78. The van der Waals surface area contributed by atoms with Gasteiger partial charge in [0.15, 0.2) is 0 Å². The van der Waals surface area contributed by atoms with Gasteiger partial charge in [0.2, 0.25) is 5.91 Å². The lowest BCUT2D eigenvalue weighted by molar-refractivity contribution is -0.151. The third-order valence-electron chi connectivity index (χ3n) is 2.68. The monoisotopic (exact) mass is 216 g/mol. The molecule has 0 aromatic rings. The fraction of sp³-hybridized carbons (Fsp3) is 0.800. The molecule has 0 saturated carbocycles. The maximum Gasteiger partial charge on any atom is 0.326 e. The van der Waals surface area contributed by atoms with Crippen LogP contribution in [0.15, 0.2) is 0 Å². The van der Waals surface area contributed by atoms with Crippen LogP contribution in [0, 0.1) is 0 Å². The molecular formula is C10H20N2O3. The van der Waals surface area contributed by atoms with Crippen LogP contribution in [0.4, 0.5) is 0 Å². The van der Waals surface area contributed by atoms with Gasteiger partial charge in [-0.15, -0.1) is 0 Å². The largest absolute Gasteiger partial charge is 0.480 e. The van der Waals surface area contributed by atoms with E-state index in [9.17, 15) is 9.59 Å². The molecule has 5 heteroatoms. The van der Waals surface area contributed by atoms with Gasteiger partial charge in [0, 0.05) is 7.05 Å². The zero-order chi connectivity index (χ0) is 12.2. The van der Waals surface area contributed by atoms with Crippen molar-refractivity contribution in [1.29, 1.82) is 0 Å². The molecule has 3 N–H and O–H groups in total. The number of carboxylic acids is 1. The Morgan fingerprint density at radius 1 is 1.47 bits per heavy atom. The van der Waals surface area contributed by atoms with E-state index in [-0.39, 0.29) is 5.91 Å². The molecule has 2 atom stereocenters. The predicted octanol–water partition coefficient (Wildman–Crippen LogP) is 0.435. The van der Waals surface area contributed by atoms with Gasteiger partial charge in [-0.2, -0.15) is 0 Å². The van der Waals surface area contributed by atoms with Crippen molar-refractivity contribution in [3.05, 3.63) is 0 Å². The minimum atomic E-state index is -1.000. The van der Waals surface area contributed by atoms with Crippen LogP contribution in [0.25, 0.3) is 0 Å². The third kappa shape index (κ3) is 3.20. The van der Waals surface area contributed by atoms with Crippen LogP contribution in [0.3, 0.4) is 0 Å². The fourth-order valence-electron chi connectivity index (χ4n) is 1.31.